The minimum atomic E-state index is -4.41. The molecule has 2 aromatic carbocycles. The Bertz CT molecular complexity index is 954. The molecule has 34 heavy (non-hydrogen) atoms. The summed E-state index contributed by atoms with van der Waals surface area (Å²) in [5, 5.41) is 0. The number of rotatable bonds is 10. The van der Waals surface area contributed by atoms with Crippen molar-refractivity contribution in [3.8, 4) is 0 Å². The van der Waals surface area contributed by atoms with E-state index in [1.165, 1.54) is 25.3 Å². The summed E-state index contributed by atoms with van der Waals surface area (Å²) in [7, 11) is 3.01. The van der Waals surface area contributed by atoms with Gasteiger partial charge in [-0.1, -0.05) is 30.3 Å². The van der Waals surface area contributed by atoms with Gasteiger partial charge in [-0.05, 0) is 35.2 Å². The molecule has 2 atom stereocenters. The zero-order chi connectivity index (χ0) is 24.7. The monoisotopic (exact) mass is 482 g/mol. The first-order valence-corrected chi connectivity index (χ1v) is 11.1. The zero-order valence-electron chi connectivity index (χ0n) is 19.4. The minimum absolute atomic E-state index is 0.0368. The number of hydrogen-bond acceptors (Lipinski definition) is 4. The van der Waals surface area contributed by atoms with Crippen LogP contribution in [0.2, 0.25) is 0 Å². The van der Waals surface area contributed by atoms with Crippen LogP contribution in [0.4, 0.5) is 17.6 Å². The normalized spacial score (nSPS) is 18.9. The van der Waals surface area contributed by atoms with Gasteiger partial charge in [0, 0.05) is 52.9 Å². The Kier molecular flexibility index (Phi) is 9.04. The maximum atomic E-state index is 14.0. The second kappa shape index (κ2) is 11.8. The predicted octanol–water partition coefficient (Wildman–Crippen LogP) is 4.18. The van der Waals surface area contributed by atoms with Gasteiger partial charge in [0.15, 0.2) is 0 Å². The first kappa shape index (κ1) is 26.1. The molecular weight excluding hydrogens is 452 g/mol. The number of carbonyl (C=O) groups is 1. The van der Waals surface area contributed by atoms with E-state index >= 15 is 0 Å². The Morgan fingerprint density at radius 2 is 1.85 bits per heavy atom. The number of amides is 1. The van der Waals surface area contributed by atoms with E-state index in [1.54, 1.807) is 24.1 Å². The molecule has 0 aromatic heterocycles. The van der Waals surface area contributed by atoms with Crippen molar-refractivity contribution in [1.29, 1.82) is 0 Å². The van der Waals surface area contributed by atoms with Gasteiger partial charge in [-0.3, -0.25) is 9.69 Å². The second-order valence-electron chi connectivity index (χ2n) is 8.58. The highest BCUT2D eigenvalue weighted by molar-refractivity contribution is 5.77. The van der Waals surface area contributed by atoms with Crippen molar-refractivity contribution in [2.75, 3.05) is 53.6 Å². The molecule has 0 aliphatic carbocycles. The zero-order valence-corrected chi connectivity index (χ0v) is 19.4. The van der Waals surface area contributed by atoms with Gasteiger partial charge in [-0.25, -0.2) is 4.39 Å². The molecule has 1 fully saturated rings. The molecule has 0 spiro atoms. The van der Waals surface area contributed by atoms with Gasteiger partial charge in [0.05, 0.1) is 12.2 Å². The molecule has 0 bridgehead atoms. The van der Waals surface area contributed by atoms with E-state index in [0.29, 0.717) is 44.9 Å². The van der Waals surface area contributed by atoms with Crippen LogP contribution in [0.15, 0.2) is 48.5 Å². The van der Waals surface area contributed by atoms with Gasteiger partial charge < -0.3 is 14.4 Å². The van der Waals surface area contributed by atoms with Crippen molar-refractivity contribution < 1.29 is 31.8 Å². The number of benzene rings is 2. The lowest BCUT2D eigenvalue weighted by Crippen LogP contribution is -2.41. The van der Waals surface area contributed by atoms with E-state index in [-0.39, 0.29) is 30.2 Å². The van der Waals surface area contributed by atoms with Gasteiger partial charge in [0.1, 0.15) is 12.4 Å². The maximum Gasteiger partial charge on any atom is 0.416 e. The third-order valence-corrected chi connectivity index (χ3v) is 6.09. The maximum absolute atomic E-state index is 14.0. The number of nitrogens with zero attached hydrogens (tertiary/aromatic N) is 2. The standard InChI is InChI=1S/C25H30F4N2O3/c1-33-10-9-31(24(32)17-34-2)15-20-14-30(16-23(20)19-6-4-8-22(26)12-19)13-18-5-3-7-21(11-18)25(27,28)29/h3-8,11-12,20,23H,9-10,13-17H2,1-2H3. The first-order chi connectivity index (χ1) is 16.2. The van der Waals surface area contributed by atoms with Crippen molar-refractivity contribution in [1.82, 2.24) is 9.80 Å². The average molecular weight is 483 g/mol. The average Bonchev–Trinajstić information content (AvgIpc) is 3.18. The highest BCUT2D eigenvalue weighted by atomic mass is 19.4. The molecule has 3 rings (SSSR count). The van der Waals surface area contributed by atoms with Crippen LogP contribution >= 0.6 is 0 Å². The van der Waals surface area contributed by atoms with E-state index in [1.807, 2.05) is 6.07 Å². The lowest BCUT2D eigenvalue weighted by molar-refractivity contribution is -0.138. The fourth-order valence-corrected chi connectivity index (χ4v) is 4.51. The van der Waals surface area contributed by atoms with Gasteiger partial charge in [-0.15, -0.1) is 0 Å². The fraction of sp³-hybridized carbons (Fsp3) is 0.480. The largest absolute Gasteiger partial charge is 0.416 e. The number of ether oxygens (including phenoxy) is 2. The summed E-state index contributed by atoms with van der Waals surface area (Å²) in [5.41, 5.74) is 0.681. The molecule has 2 aromatic rings. The first-order valence-electron chi connectivity index (χ1n) is 11.1. The Morgan fingerprint density at radius 3 is 2.53 bits per heavy atom. The molecular formula is C25H30F4N2O3. The quantitative estimate of drug-likeness (QED) is 0.477. The number of methoxy groups -OCH3 is 2. The summed E-state index contributed by atoms with van der Waals surface area (Å²) in [6, 6.07) is 11.7. The van der Waals surface area contributed by atoms with Crippen molar-refractivity contribution in [2.45, 2.75) is 18.6 Å². The Balaban J connectivity index is 1.82. The van der Waals surface area contributed by atoms with E-state index in [0.717, 1.165) is 17.7 Å². The Labute approximate surface area is 197 Å². The third kappa shape index (κ3) is 7.01. The van der Waals surface area contributed by atoms with Crippen LogP contribution in [0, 0.1) is 11.7 Å². The molecule has 0 saturated carbocycles. The number of halogens is 4. The van der Waals surface area contributed by atoms with Crippen LogP contribution in [0.25, 0.3) is 0 Å². The summed E-state index contributed by atoms with van der Waals surface area (Å²) in [6.45, 7) is 2.53. The molecule has 1 aliphatic rings. The number of carbonyl (C=O) groups excluding carboxylic acids is 1. The van der Waals surface area contributed by atoms with Gasteiger partial charge in [0.25, 0.3) is 0 Å². The van der Waals surface area contributed by atoms with Crippen molar-refractivity contribution in [3.63, 3.8) is 0 Å². The molecule has 5 nitrogen and oxygen atoms in total. The van der Waals surface area contributed by atoms with E-state index in [4.69, 9.17) is 9.47 Å². The predicted molar refractivity (Wildman–Crippen MR) is 120 cm³/mol. The summed E-state index contributed by atoms with van der Waals surface area (Å²) in [5.74, 6) is -0.639. The highest BCUT2D eigenvalue weighted by Gasteiger charge is 2.36. The molecule has 9 heteroatoms. The summed E-state index contributed by atoms with van der Waals surface area (Å²) >= 11 is 0. The molecule has 1 saturated heterocycles. The fourth-order valence-electron chi connectivity index (χ4n) is 4.51. The SMILES string of the molecule is COCCN(CC1CN(Cc2cccc(C(F)(F)F)c2)CC1c1cccc(F)c1)C(=O)COC. The molecule has 2 unspecified atom stereocenters. The number of likely N-dealkylation sites (tertiary alicyclic amines) is 1. The van der Waals surface area contributed by atoms with E-state index < -0.39 is 11.7 Å². The van der Waals surface area contributed by atoms with E-state index in [9.17, 15) is 22.4 Å². The Hall–Kier alpha value is -2.49. The summed E-state index contributed by atoms with van der Waals surface area (Å²) in [4.78, 5) is 16.3. The smallest absolute Gasteiger partial charge is 0.383 e. The van der Waals surface area contributed by atoms with Crippen LogP contribution < -0.4 is 0 Å². The van der Waals surface area contributed by atoms with Gasteiger partial charge in [0.2, 0.25) is 5.91 Å². The minimum Gasteiger partial charge on any atom is -0.383 e. The second-order valence-corrected chi connectivity index (χ2v) is 8.58. The highest BCUT2D eigenvalue weighted by Crippen LogP contribution is 2.35. The topological polar surface area (TPSA) is 42.0 Å². The van der Waals surface area contributed by atoms with Crippen LogP contribution in [0.1, 0.15) is 22.6 Å². The lowest BCUT2D eigenvalue weighted by atomic mass is 9.88. The summed E-state index contributed by atoms with van der Waals surface area (Å²) < 4.78 is 63.6. The van der Waals surface area contributed by atoms with Crippen molar-refractivity contribution >= 4 is 5.91 Å². The van der Waals surface area contributed by atoms with Gasteiger partial charge >= 0.3 is 6.18 Å². The lowest BCUT2D eigenvalue weighted by Gasteiger charge is -2.28. The van der Waals surface area contributed by atoms with Crippen LogP contribution in [0.5, 0.6) is 0 Å². The van der Waals surface area contributed by atoms with Gasteiger partial charge in [-0.2, -0.15) is 13.2 Å². The third-order valence-electron chi connectivity index (χ3n) is 6.09. The number of alkyl halides is 3. The molecule has 1 aliphatic heterocycles. The Morgan fingerprint density at radius 1 is 1.09 bits per heavy atom. The van der Waals surface area contributed by atoms with Crippen LogP contribution in [0.3, 0.4) is 0 Å². The van der Waals surface area contributed by atoms with Crippen molar-refractivity contribution in [3.05, 3.63) is 71.0 Å². The molecule has 1 heterocycles. The molecule has 0 radical (unpaired) electrons. The molecule has 1 amide bonds. The summed E-state index contributed by atoms with van der Waals surface area (Å²) in [6.07, 6.45) is -4.41. The van der Waals surface area contributed by atoms with Crippen molar-refractivity contribution in [2.24, 2.45) is 5.92 Å². The van der Waals surface area contributed by atoms with Crippen LogP contribution in [-0.4, -0.2) is 69.3 Å². The van der Waals surface area contributed by atoms with Crippen LogP contribution in [-0.2, 0) is 27.0 Å². The molecule has 186 valence electrons. The number of hydrogen-bond donors (Lipinski definition) is 0. The molecule has 0 N–H and O–H groups in total. The van der Waals surface area contributed by atoms with E-state index in [2.05, 4.69) is 4.90 Å².